The van der Waals surface area contributed by atoms with E-state index in [0.717, 1.165) is 31.3 Å². The first-order valence-corrected chi connectivity index (χ1v) is 7.89. The minimum Gasteiger partial charge on any atom is -0.381 e. The number of carbonyl (C=O) groups excluding carboxylic acids is 2. The largest absolute Gasteiger partial charge is 0.381 e. The minimum atomic E-state index is -0.655. The maximum absolute atomic E-state index is 12.0. The van der Waals surface area contributed by atoms with Crippen molar-refractivity contribution in [2.75, 3.05) is 19.8 Å². The van der Waals surface area contributed by atoms with E-state index in [4.69, 9.17) is 10.5 Å². The van der Waals surface area contributed by atoms with Crippen LogP contribution in [0.25, 0.3) is 0 Å². The van der Waals surface area contributed by atoms with Gasteiger partial charge in [0, 0.05) is 25.8 Å². The number of carbonyl (C=O) groups is 2. The predicted octanol–water partition coefficient (Wildman–Crippen LogP) is 1.91. The van der Waals surface area contributed by atoms with Crippen molar-refractivity contribution in [1.29, 1.82) is 0 Å². The van der Waals surface area contributed by atoms with Crippen molar-refractivity contribution in [2.24, 2.45) is 11.1 Å². The van der Waals surface area contributed by atoms with Gasteiger partial charge >= 0.3 is 0 Å². The first-order chi connectivity index (χ1) is 10.0. The number of allylic oxidation sites excluding steroid dienone is 1. The smallest absolute Gasteiger partial charge is 0.243 e. The van der Waals surface area contributed by atoms with Gasteiger partial charge in [0.2, 0.25) is 11.8 Å². The van der Waals surface area contributed by atoms with Crippen LogP contribution in [0.1, 0.15) is 52.4 Å². The van der Waals surface area contributed by atoms with E-state index in [1.54, 1.807) is 6.08 Å². The molecule has 1 fully saturated rings. The highest BCUT2D eigenvalue weighted by atomic mass is 16.5. The molecule has 0 aromatic heterocycles. The van der Waals surface area contributed by atoms with Gasteiger partial charge < -0.3 is 15.8 Å². The Hall–Kier alpha value is -1.36. The van der Waals surface area contributed by atoms with Crippen LogP contribution in [0.2, 0.25) is 0 Å². The van der Waals surface area contributed by atoms with E-state index in [1.165, 1.54) is 0 Å². The molecular formula is C16H28N2O3. The summed E-state index contributed by atoms with van der Waals surface area (Å²) >= 11 is 0. The van der Waals surface area contributed by atoms with Crippen LogP contribution < -0.4 is 11.1 Å². The zero-order chi connectivity index (χ0) is 15.7. The summed E-state index contributed by atoms with van der Waals surface area (Å²) in [6, 6.07) is 0. The van der Waals surface area contributed by atoms with Gasteiger partial charge in [-0.05, 0) is 25.7 Å². The Bertz CT molecular complexity index is 377. The summed E-state index contributed by atoms with van der Waals surface area (Å²) in [6.45, 7) is 5.54. The first-order valence-electron chi connectivity index (χ1n) is 7.89. The summed E-state index contributed by atoms with van der Waals surface area (Å²) in [7, 11) is 0. The second-order valence-electron chi connectivity index (χ2n) is 5.78. The summed E-state index contributed by atoms with van der Waals surface area (Å²) in [5.74, 6) is -0.476. The Morgan fingerprint density at radius 3 is 2.24 bits per heavy atom. The zero-order valence-corrected chi connectivity index (χ0v) is 13.2. The molecule has 0 aromatic carbocycles. The molecule has 0 aromatic rings. The van der Waals surface area contributed by atoms with Crippen LogP contribution in [0.15, 0.2) is 11.6 Å². The van der Waals surface area contributed by atoms with Gasteiger partial charge in [-0.3, -0.25) is 9.59 Å². The van der Waals surface area contributed by atoms with Crippen molar-refractivity contribution < 1.29 is 14.3 Å². The Labute approximate surface area is 127 Å². The Morgan fingerprint density at radius 2 is 1.76 bits per heavy atom. The van der Waals surface area contributed by atoms with Gasteiger partial charge in [0.15, 0.2) is 0 Å². The average molecular weight is 296 g/mol. The predicted molar refractivity (Wildman–Crippen MR) is 82.6 cm³/mol. The number of nitrogens with one attached hydrogen (secondary N) is 1. The number of rotatable bonds is 8. The fourth-order valence-electron chi connectivity index (χ4n) is 2.68. The van der Waals surface area contributed by atoms with Crippen LogP contribution in [-0.4, -0.2) is 31.6 Å². The number of primary amides is 1. The molecule has 1 heterocycles. The van der Waals surface area contributed by atoms with E-state index in [2.05, 4.69) is 19.2 Å². The van der Waals surface area contributed by atoms with Gasteiger partial charge in [-0.15, -0.1) is 0 Å². The number of nitrogens with two attached hydrogens (primary N) is 1. The van der Waals surface area contributed by atoms with Crippen molar-refractivity contribution in [3.63, 3.8) is 0 Å². The third-order valence-electron chi connectivity index (χ3n) is 4.05. The third kappa shape index (κ3) is 5.50. The Morgan fingerprint density at radius 1 is 1.19 bits per heavy atom. The highest BCUT2D eigenvalue weighted by Gasteiger charge is 2.38. The topological polar surface area (TPSA) is 81.4 Å². The van der Waals surface area contributed by atoms with Crippen LogP contribution in [0, 0.1) is 5.41 Å². The number of hydrogen-bond donors (Lipinski definition) is 2. The van der Waals surface area contributed by atoms with Crippen molar-refractivity contribution in [1.82, 2.24) is 5.32 Å². The molecule has 0 saturated carbocycles. The van der Waals surface area contributed by atoms with E-state index in [9.17, 15) is 9.59 Å². The lowest BCUT2D eigenvalue weighted by atomic mass is 9.79. The molecule has 0 bridgehead atoms. The minimum absolute atomic E-state index is 0.126. The quantitative estimate of drug-likeness (QED) is 0.671. The van der Waals surface area contributed by atoms with Crippen molar-refractivity contribution in [3.05, 3.63) is 11.6 Å². The molecule has 120 valence electrons. The molecule has 3 N–H and O–H groups in total. The zero-order valence-electron chi connectivity index (χ0n) is 13.2. The van der Waals surface area contributed by atoms with E-state index in [-0.39, 0.29) is 11.8 Å². The molecule has 1 rings (SSSR count). The monoisotopic (exact) mass is 296 g/mol. The lowest BCUT2D eigenvalue weighted by Gasteiger charge is -2.34. The molecule has 5 heteroatoms. The SMILES string of the molecule is CCCC(=CC(=O)NCC1(C(N)=O)CCOCC1)CCC. The van der Waals surface area contributed by atoms with Crippen LogP contribution in [0.5, 0.6) is 0 Å². The molecule has 0 atom stereocenters. The summed E-state index contributed by atoms with van der Waals surface area (Å²) in [6.07, 6.45) is 6.77. The van der Waals surface area contributed by atoms with Gasteiger partial charge in [0.25, 0.3) is 0 Å². The van der Waals surface area contributed by atoms with Crippen LogP contribution in [0.4, 0.5) is 0 Å². The normalized spacial score (nSPS) is 17.0. The van der Waals surface area contributed by atoms with Crippen molar-refractivity contribution in [3.8, 4) is 0 Å². The molecule has 5 nitrogen and oxygen atoms in total. The summed E-state index contributed by atoms with van der Waals surface area (Å²) < 4.78 is 5.28. The maximum Gasteiger partial charge on any atom is 0.243 e. The number of ether oxygens (including phenoxy) is 1. The lowest BCUT2D eigenvalue weighted by molar-refractivity contribution is -0.133. The molecule has 0 unspecified atom stereocenters. The number of hydrogen-bond acceptors (Lipinski definition) is 3. The summed E-state index contributed by atoms with van der Waals surface area (Å²) in [5.41, 5.74) is 6.03. The van der Waals surface area contributed by atoms with Crippen LogP contribution >= 0.6 is 0 Å². The Balaban J connectivity index is 2.60. The molecule has 0 radical (unpaired) electrons. The van der Waals surface area contributed by atoms with Crippen molar-refractivity contribution >= 4 is 11.8 Å². The third-order valence-corrected chi connectivity index (χ3v) is 4.05. The fraction of sp³-hybridized carbons (Fsp3) is 0.750. The second kappa shape index (κ2) is 8.82. The maximum atomic E-state index is 12.0. The fourth-order valence-corrected chi connectivity index (χ4v) is 2.68. The highest BCUT2D eigenvalue weighted by Crippen LogP contribution is 2.29. The van der Waals surface area contributed by atoms with E-state index < -0.39 is 5.41 Å². The van der Waals surface area contributed by atoms with Gasteiger partial charge in [0.1, 0.15) is 0 Å². The van der Waals surface area contributed by atoms with Gasteiger partial charge in [-0.1, -0.05) is 32.3 Å². The highest BCUT2D eigenvalue weighted by molar-refractivity contribution is 5.89. The molecule has 0 aliphatic carbocycles. The average Bonchev–Trinajstić information content (AvgIpc) is 2.46. The Kier molecular flexibility index (Phi) is 7.43. The molecule has 1 aliphatic rings. The lowest BCUT2D eigenvalue weighted by Crippen LogP contribution is -2.49. The standard InChI is InChI=1S/C16H28N2O3/c1-3-5-13(6-4-2)11-14(19)18-12-16(15(17)20)7-9-21-10-8-16/h11H,3-10,12H2,1-2H3,(H2,17,20)(H,18,19). The second-order valence-corrected chi connectivity index (χ2v) is 5.78. The van der Waals surface area contributed by atoms with Crippen LogP contribution in [-0.2, 0) is 14.3 Å². The van der Waals surface area contributed by atoms with Crippen molar-refractivity contribution in [2.45, 2.75) is 52.4 Å². The molecule has 2 amide bonds. The molecule has 1 aliphatic heterocycles. The van der Waals surface area contributed by atoms with Gasteiger partial charge in [-0.25, -0.2) is 0 Å². The van der Waals surface area contributed by atoms with E-state index >= 15 is 0 Å². The van der Waals surface area contributed by atoms with Gasteiger partial charge in [0.05, 0.1) is 5.41 Å². The first kappa shape index (κ1) is 17.7. The van der Waals surface area contributed by atoms with Gasteiger partial charge in [-0.2, -0.15) is 0 Å². The molecular weight excluding hydrogens is 268 g/mol. The van der Waals surface area contributed by atoms with E-state index in [1.807, 2.05) is 0 Å². The summed E-state index contributed by atoms with van der Waals surface area (Å²) in [5, 5.41) is 2.85. The molecule has 1 saturated heterocycles. The number of amides is 2. The molecule has 0 spiro atoms. The molecule has 21 heavy (non-hydrogen) atoms. The van der Waals surface area contributed by atoms with Crippen LogP contribution in [0.3, 0.4) is 0 Å². The summed E-state index contributed by atoms with van der Waals surface area (Å²) in [4.78, 5) is 23.8. The van der Waals surface area contributed by atoms with E-state index in [0.29, 0.717) is 32.6 Å².